The van der Waals surface area contributed by atoms with E-state index >= 15 is 0 Å². The molecule has 1 saturated carbocycles. The standard InChI is InChI=1S/C21H22N4O5S/c1-11-9-12(2)23-21(22-11)25-31(29,30)16-7-5-15(6-8-16)24-19(26)17-13-3-4-14(10-13)18(17)20(27)28/h3-9,13-14,17-18H,10H2,1-2H3,(H,24,26)(H,27,28)(H,22,23,25)/t13-,14-,17+,18+/m0/s1. The van der Waals surface area contributed by atoms with Crippen LogP contribution in [0.15, 0.2) is 47.4 Å². The van der Waals surface area contributed by atoms with Crippen molar-refractivity contribution in [3.8, 4) is 0 Å². The van der Waals surface area contributed by atoms with E-state index in [9.17, 15) is 23.1 Å². The number of carbonyl (C=O) groups is 2. The highest BCUT2D eigenvalue weighted by atomic mass is 32.2. The molecular weight excluding hydrogens is 420 g/mol. The van der Waals surface area contributed by atoms with Gasteiger partial charge in [0.15, 0.2) is 0 Å². The summed E-state index contributed by atoms with van der Waals surface area (Å²) in [4.78, 5) is 32.5. The molecule has 3 N–H and O–H groups in total. The highest BCUT2D eigenvalue weighted by molar-refractivity contribution is 7.92. The maximum absolute atomic E-state index is 12.8. The molecule has 2 aliphatic carbocycles. The van der Waals surface area contributed by atoms with Crippen molar-refractivity contribution in [1.82, 2.24) is 9.97 Å². The molecule has 0 aliphatic heterocycles. The molecule has 9 nitrogen and oxygen atoms in total. The molecule has 0 saturated heterocycles. The number of hydrogen-bond donors (Lipinski definition) is 3. The van der Waals surface area contributed by atoms with Crippen molar-refractivity contribution in [3.05, 3.63) is 53.9 Å². The number of fused-ring (bicyclic) bond motifs is 2. The van der Waals surface area contributed by atoms with Gasteiger partial charge in [0, 0.05) is 17.1 Å². The Hall–Kier alpha value is -3.27. The van der Waals surface area contributed by atoms with Crippen LogP contribution in [-0.4, -0.2) is 35.4 Å². The molecule has 1 aromatic heterocycles. The number of carboxylic acid groups (broad SMARTS) is 1. The van der Waals surface area contributed by atoms with Crippen molar-refractivity contribution in [1.29, 1.82) is 0 Å². The second-order valence-corrected chi connectivity index (χ2v) is 9.61. The molecule has 10 heteroatoms. The van der Waals surface area contributed by atoms with Gasteiger partial charge in [-0.25, -0.2) is 23.1 Å². The second-order valence-electron chi connectivity index (χ2n) is 7.93. The third-order valence-corrected chi connectivity index (χ3v) is 7.03. The number of carboxylic acids is 1. The van der Waals surface area contributed by atoms with Crippen molar-refractivity contribution in [2.75, 3.05) is 10.0 Å². The summed E-state index contributed by atoms with van der Waals surface area (Å²) in [7, 11) is -3.91. The number of sulfonamides is 1. The van der Waals surface area contributed by atoms with Crippen molar-refractivity contribution >= 4 is 33.5 Å². The lowest BCUT2D eigenvalue weighted by Crippen LogP contribution is -2.36. The van der Waals surface area contributed by atoms with Crippen LogP contribution in [0, 0.1) is 37.5 Å². The number of anilines is 2. The Morgan fingerprint density at radius 2 is 1.58 bits per heavy atom. The largest absolute Gasteiger partial charge is 0.481 e. The van der Waals surface area contributed by atoms with Crippen molar-refractivity contribution in [2.24, 2.45) is 23.7 Å². The summed E-state index contributed by atoms with van der Waals surface area (Å²) in [5, 5.41) is 12.2. The van der Waals surface area contributed by atoms with E-state index in [-0.39, 0.29) is 28.6 Å². The van der Waals surface area contributed by atoms with E-state index < -0.39 is 27.8 Å². The van der Waals surface area contributed by atoms with Crippen molar-refractivity contribution in [3.63, 3.8) is 0 Å². The van der Waals surface area contributed by atoms with E-state index in [4.69, 9.17) is 0 Å². The number of aliphatic carboxylic acids is 1. The van der Waals surface area contributed by atoms with E-state index in [0.717, 1.165) is 0 Å². The van der Waals surface area contributed by atoms with Crippen molar-refractivity contribution < 1.29 is 23.1 Å². The first kappa shape index (κ1) is 21.0. The van der Waals surface area contributed by atoms with Gasteiger partial charge in [0.05, 0.1) is 16.7 Å². The van der Waals surface area contributed by atoms with Crippen LogP contribution in [0.1, 0.15) is 17.8 Å². The molecule has 1 amide bonds. The van der Waals surface area contributed by atoms with Crippen LogP contribution < -0.4 is 10.0 Å². The normalized spacial score (nSPS) is 24.2. The van der Waals surface area contributed by atoms with Crippen LogP contribution in [0.3, 0.4) is 0 Å². The Morgan fingerprint density at radius 1 is 1.00 bits per heavy atom. The van der Waals surface area contributed by atoms with Crippen molar-refractivity contribution in [2.45, 2.75) is 25.2 Å². The molecule has 1 heterocycles. The molecule has 0 radical (unpaired) electrons. The lowest BCUT2D eigenvalue weighted by atomic mass is 9.82. The van der Waals surface area contributed by atoms with Crippen LogP contribution in [0.2, 0.25) is 0 Å². The Labute approximate surface area is 179 Å². The number of allylic oxidation sites excluding steroid dienone is 2. The van der Waals surface area contributed by atoms with E-state index in [1.165, 1.54) is 24.3 Å². The van der Waals surface area contributed by atoms with Gasteiger partial charge in [-0.3, -0.25) is 9.59 Å². The molecule has 31 heavy (non-hydrogen) atoms. The van der Waals surface area contributed by atoms with E-state index in [2.05, 4.69) is 20.0 Å². The minimum Gasteiger partial charge on any atom is -0.481 e. The zero-order valence-electron chi connectivity index (χ0n) is 16.9. The average Bonchev–Trinajstić information content (AvgIpc) is 3.28. The summed E-state index contributed by atoms with van der Waals surface area (Å²) in [5.74, 6) is -2.95. The van der Waals surface area contributed by atoms with Gasteiger partial charge in [0.1, 0.15) is 0 Å². The molecule has 1 aromatic carbocycles. The van der Waals surface area contributed by atoms with Gasteiger partial charge < -0.3 is 10.4 Å². The fourth-order valence-corrected chi connectivity index (χ4v) is 5.35. The Balaban J connectivity index is 1.47. The zero-order valence-corrected chi connectivity index (χ0v) is 17.8. The van der Waals surface area contributed by atoms with Crippen LogP contribution in [-0.2, 0) is 19.6 Å². The quantitative estimate of drug-likeness (QED) is 0.584. The molecule has 4 rings (SSSR count). The summed E-state index contributed by atoms with van der Waals surface area (Å²) >= 11 is 0. The molecule has 4 atom stereocenters. The first-order valence-corrected chi connectivity index (χ1v) is 11.3. The molecule has 2 aromatic rings. The second kappa shape index (κ2) is 7.77. The van der Waals surface area contributed by atoms with E-state index in [1.807, 2.05) is 12.2 Å². The first-order valence-electron chi connectivity index (χ1n) is 9.81. The minimum absolute atomic E-state index is 0.0143. The number of nitrogens with one attached hydrogen (secondary N) is 2. The van der Waals surface area contributed by atoms with Gasteiger partial charge in [-0.1, -0.05) is 12.2 Å². The van der Waals surface area contributed by atoms with Gasteiger partial charge in [-0.2, -0.15) is 0 Å². The fourth-order valence-electron chi connectivity index (χ4n) is 4.41. The summed E-state index contributed by atoms with van der Waals surface area (Å²) < 4.78 is 27.6. The Morgan fingerprint density at radius 3 is 2.16 bits per heavy atom. The van der Waals surface area contributed by atoms with Crippen LogP contribution in [0.4, 0.5) is 11.6 Å². The molecular formula is C21H22N4O5S. The monoisotopic (exact) mass is 442 g/mol. The topological polar surface area (TPSA) is 138 Å². The highest BCUT2D eigenvalue weighted by Gasteiger charge is 2.51. The SMILES string of the molecule is Cc1cc(C)nc(NS(=O)(=O)c2ccc(NC(=O)[C@H]3[C@H](C(=O)O)[C@H]4C=C[C@H]3C4)cc2)n1. The average molecular weight is 442 g/mol. The number of nitrogens with zero attached hydrogens (tertiary/aromatic N) is 2. The van der Waals surface area contributed by atoms with Gasteiger partial charge in [-0.15, -0.1) is 0 Å². The fraction of sp³-hybridized carbons (Fsp3) is 0.333. The van der Waals surface area contributed by atoms with E-state index in [1.54, 1.807) is 19.9 Å². The van der Waals surface area contributed by atoms with Gasteiger partial charge in [0.25, 0.3) is 10.0 Å². The van der Waals surface area contributed by atoms with Crippen LogP contribution >= 0.6 is 0 Å². The summed E-state index contributed by atoms with van der Waals surface area (Å²) in [6, 6.07) is 7.38. The lowest BCUT2D eigenvalue weighted by Gasteiger charge is -2.23. The number of carbonyl (C=O) groups excluding carboxylic acids is 1. The third-order valence-electron chi connectivity index (χ3n) is 5.69. The molecule has 2 aliphatic rings. The predicted molar refractivity (Wildman–Crippen MR) is 113 cm³/mol. The van der Waals surface area contributed by atoms with Gasteiger partial charge in [-0.05, 0) is 62.4 Å². The maximum Gasteiger partial charge on any atom is 0.307 e. The summed E-state index contributed by atoms with van der Waals surface area (Å²) in [6.45, 7) is 3.48. The number of rotatable bonds is 6. The number of hydrogen-bond acceptors (Lipinski definition) is 6. The highest BCUT2D eigenvalue weighted by Crippen LogP contribution is 2.48. The minimum atomic E-state index is -3.91. The molecule has 2 bridgehead atoms. The predicted octanol–water partition coefficient (Wildman–Crippen LogP) is 2.36. The Kier molecular flexibility index (Phi) is 5.26. The Bertz CT molecular complexity index is 1160. The number of benzene rings is 1. The number of aromatic nitrogens is 2. The molecule has 1 fully saturated rings. The van der Waals surface area contributed by atoms with Gasteiger partial charge in [0.2, 0.25) is 11.9 Å². The summed E-state index contributed by atoms with van der Waals surface area (Å²) in [5.41, 5.74) is 1.67. The summed E-state index contributed by atoms with van der Waals surface area (Å²) in [6.07, 6.45) is 4.45. The molecule has 162 valence electrons. The lowest BCUT2D eigenvalue weighted by molar-refractivity contribution is -0.146. The molecule has 0 unspecified atom stereocenters. The first-order chi connectivity index (χ1) is 14.6. The number of amides is 1. The van der Waals surface area contributed by atoms with Gasteiger partial charge >= 0.3 is 5.97 Å². The maximum atomic E-state index is 12.8. The third kappa shape index (κ3) is 4.15. The zero-order chi connectivity index (χ0) is 22.3. The van der Waals surface area contributed by atoms with Crippen LogP contribution in [0.25, 0.3) is 0 Å². The molecule has 0 spiro atoms. The van der Waals surface area contributed by atoms with E-state index in [0.29, 0.717) is 23.5 Å². The number of aryl methyl sites for hydroxylation is 2. The smallest absolute Gasteiger partial charge is 0.307 e. The van der Waals surface area contributed by atoms with Crippen LogP contribution in [0.5, 0.6) is 0 Å².